The molecule has 0 aromatic rings. The normalized spacial score (nSPS) is 9.22. The second-order valence-corrected chi connectivity index (χ2v) is 22.7. The van der Waals surface area contributed by atoms with Gasteiger partial charge in [-0.05, 0) is 12.8 Å². The molecular formula is C16H32I2O4Te. The van der Waals surface area contributed by atoms with E-state index in [0.29, 0.717) is 25.9 Å². The van der Waals surface area contributed by atoms with Gasteiger partial charge in [-0.3, -0.25) is 9.59 Å². The Hall–Kier alpha value is 1.19. The molecule has 4 nitrogen and oxygen atoms in total. The van der Waals surface area contributed by atoms with E-state index in [2.05, 4.69) is 51.2 Å². The summed E-state index contributed by atoms with van der Waals surface area (Å²) in [6.07, 6.45) is 11.8. The standard InChI is InChI=1S/2C8H16O2.I2Te/c2*1-2-3-4-5-6-7-8(9)10;1-3-2/h2*2-7H2,1H3,(H,9,10);. The molecule has 7 heteroatoms. The van der Waals surface area contributed by atoms with Gasteiger partial charge in [0.25, 0.3) is 0 Å². The van der Waals surface area contributed by atoms with E-state index in [1.54, 1.807) is 0 Å². The Kier molecular flexibility index (Phi) is 35.3. The number of carboxylic acid groups (broad SMARTS) is 2. The fourth-order valence-electron chi connectivity index (χ4n) is 1.76. The van der Waals surface area contributed by atoms with E-state index in [0.717, 1.165) is 25.7 Å². The summed E-state index contributed by atoms with van der Waals surface area (Å²) >= 11 is 5.22. The predicted octanol–water partition coefficient (Wildman–Crippen LogP) is 6.25. The van der Waals surface area contributed by atoms with Crippen LogP contribution in [0, 0.1) is 0 Å². The van der Waals surface area contributed by atoms with E-state index in [-0.39, 0.29) is 0 Å². The van der Waals surface area contributed by atoms with Gasteiger partial charge in [0.1, 0.15) is 0 Å². The van der Waals surface area contributed by atoms with Crippen molar-refractivity contribution in [2.24, 2.45) is 0 Å². The summed E-state index contributed by atoms with van der Waals surface area (Å²) in [5.74, 6) is -1.34. The maximum atomic E-state index is 10.0. The summed E-state index contributed by atoms with van der Waals surface area (Å²) < 4.78 is 0. The topological polar surface area (TPSA) is 74.6 Å². The van der Waals surface area contributed by atoms with E-state index in [9.17, 15) is 9.59 Å². The monoisotopic (exact) mass is 672 g/mol. The van der Waals surface area contributed by atoms with Crippen molar-refractivity contribution in [2.75, 3.05) is 0 Å². The van der Waals surface area contributed by atoms with Gasteiger partial charge in [-0.2, -0.15) is 0 Å². The molecule has 0 aromatic carbocycles. The maximum absolute atomic E-state index is 10.0. The molecule has 0 saturated carbocycles. The molecule has 0 fully saturated rings. The van der Waals surface area contributed by atoms with E-state index in [4.69, 9.17) is 10.2 Å². The van der Waals surface area contributed by atoms with Crippen LogP contribution in [0.5, 0.6) is 0 Å². The van der Waals surface area contributed by atoms with E-state index < -0.39 is 11.9 Å². The van der Waals surface area contributed by atoms with E-state index >= 15 is 0 Å². The van der Waals surface area contributed by atoms with Gasteiger partial charge in [0, 0.05) is 12.8 Å². The Morgan fingerprint density at radius 1 is 0.696 bits per heavy atom. The van der Waals surface area contributed by atoms with Crippen LogP contribution in [0.1, 0.15) is 90.9 Å². The number of carboxylic acids is 2. The Bertz CT molecular complexity index is 230. The summed E-state index contributed by atoms with van der Waals surface area (Å²) in [6, 6.07) is 0. The molecule has 0 atom stereocenters. The fourth-order valence-corrected chi connectivity index (χ4v) is 1.76. The first-order valence-corrected chi connectivity index (χ1v) is 21.9. The number of halogens is 2. The molecule has 0 aliphatic heterocycles. The summed E-state index contributed by atoms with van der Waals surface area (Å²) in [7, 11) is 0. The Morgan fingerprint density at radius 3 is 1.17 bits per heavy atom. The quantitative estimate of drug-likeness (QED) is 0.146. The van der Waals surface area contributed by atoms with E-state index in [1.165, 1.54) is 38.5 Å². The van der Waals surface area contributed by atoms with Crippen molar-refractivity contribution in [1.82, 2.24) is 0 Å². The summed E-state index contributed by atoms with van der Waals surface area (Å²) in [6.45, 7) is 4.30. The third-order valence-electron chi connectivity index (χ3n) is 2.99. The van der Waals surface area contributed by atoms with Crippen LogP contribution in [-0.2, 0) is 9.59 Å². The van der Waals surface area contributed by atoms with Crippen LogP contribution in [0.25, 0.3) is 0 Å². The number of aliphatic carboxylic acids is 2. The minimum absolute atomic E-state index is 0.337. The van der Waals surface area contributed by atoms with Crippen molar-refractivity contribution < 1.29 is 19.8 Å². The molecule has 0 spiro atoms. The SMILES string of the molecule is CCCCCCCC(=O)O.CCCCCCCC(=O)O.I[Te]I. The molecule has 0 saturated heterocycles. The van der Waals surface area contributed by atoms with Crippen LogP contribution in [0.4, 0.5) is 0 Å². The van der Waals surface area contributed by atoms with Crippen molar-refractivity contribution in [3.8, 4) is 0 Å². The van der Waals surface area contributed by atoms with E-state index in [1.807, 2.05) is 0 Å². The third-order valence-corrected chi connectivity index (χ3v) is 2.99. The summed E-state index contributed by atoms with van der Waals surface area (Å²) in [5.41, 5.74) is 0. The van der Waals surface area contributed by atoms with Crippen molar-refractivity contribution in [1.29, 1.82) is 0 Å². The summed E-state index contributed by atoms with van der Waals surface area (Å²) in [4.78, 5) is 20.1. The second-order valence-electron chi connectivity index (χ2n) is 5.17. The molecule has 0 aliphatic rings. The molecule has 0 aliphatic carbocycles. The zero-order valence-electron chi connectivity index (χ0n) is 14.4. The Labute approximate surface area is 171 Å². The van der Waals surface area contributed by atoms with Crippen LogP contribution >= 0.6 is 37.4 Å². The number of hydrogen-bond donors (Lipinski definition) is 2. The van der Waals surface area contributed by atoms with Gasteiger partial charge >= 0.3 is 62.4 Å². The van der Waals surface area contributed by atoms with Crippen molar-refractivity contribution in [2.45, 2.75) is 90.9 Å². The minimum atomic E-state index is -0.670. The van der Waals surface area contributed by atoms with Gasteiger partial charge in [0.15, 0.2) is 0 Å². The molecule has 0 aromatic heterocycles. The molecule has 0 heterocycles. The van der Waals surface area contributed by atoms with Gasteiger partial charge in [0.2, 0.25) is 0 Å². The molecular weight excluding hydrogens is 638 g/mol. The third kappa shape index (κ3) is 45.1. The molecule has 0 bridgehead atoms. The Balaban J connectivity index is -0.000000297. The fraction of sp³-hybridized carbons (Fsp3) is 0.875. The van der Waals surface area contributed by atoms with Crippen molar-refractivity contribution >= 4 is 62.4 Å². The van der Waals surface area contributed by atoms with Crippen LogP contribution in [0.2, 0.25) is 0 Å². The van der Waals surface area contributed by atoms with Crippen molar-refractivity contribution in [3.05, 3.63) is 0 Å². The summed E-state index contributed by atoms with van der Waals surface area (Å²) in [5, 5.41) is 16.5. The van der Waals surface area contributed by atoms with Crippen molar-refractivity contribution in [3.63, 3.8) is 0 Å². The van der Waals surface area contributed by atoms with Crippen LogP contribution < -0.4 is 0 Å². The number of unbranched alkanes of at least 4 members (excludes halogenated alkanes) is 8. The van der Waals surface area contributed by atoms with Crippen LogP contribution in [0.15, 0.2) is 0 Å². The van der Waals surface area contributed by atoms with Gasteiger partial charge < -0.3 is 10.2 Å². The first-order valence-electron chi connectivity index (χ1n) is 8.29. The molecule has 23 heavy (non-hydrogen) atoms. The van der Waals surface area contributed by atoms with Gasteiger partial charge in [-0.15, -0.1) is 0 Å². The van der Waals surface area contributed by atoms with Gasteiger partial charge in [-0.1, -0.05) is 65.2 Å². The van der Waals surface area contributed by atoms with Crippen LogP contribution in [-0.4, -0.2) is 35.2 Å². The molecule has 0 amide bonds. The number of rotatable bonds is 12. The molecule has 0 rings (SSSR count). The molecule has 2 N–H and O–H groups in total. The average molecular weight is 670 g/mol. The molecule has 140 valence electrons. The van der Waals surface area contributed by atoms with Crippen LogP contribution in [0.3, 0.4) is 0 Å². The average Bonchev–Trinajstić information content (AvgIpc) is 2.48. The first-order chi connectivity index (χ1) is 11.0. The zero-order chi connectivity index (χ0) is 18.3. The van der Waals surface area contributed by atoms with Gasteiger partial charge in [-0.25, -0.2) is 0 Å². The second kappa shape index (κ2) is 28.0. The zero-order valence-corrected chi connectivity index (χ0v) is 21.0. The molecule has 0 unspecified atom stereocenters. The Morgan fingerprint density at radius 2 is 0.957 bits per heavy atom. The number of hydrogen-bond acceptors (Lipinski definition) is 2. The van der Waals surface area contributed by atoms with Gasteiger partial charge in [0.05, 0.1) is 0 Å². The predicted molar refractivity (Wildman–Crippen MR) is 116 cm³/mol. The first kappa shape index (κ1) is 29.0. The number of carbonyl (C=O) groups is 2. The molecule has 0 radical (unpaired) electrons.